The number of hydrogen-bond acceptors (Lipinski definition) is 4. The number of fused-ring (bicyclic) bond motifs is 1. The summed E-state index contributed by atoms with van der Waals surface area (Å²) in [5, 5.41) is 2.39. The van der Waals surface area contributed by atoms with E-state index in [2.05, 4.69) is 10.3 Å². The van der Waals surface area contributed by atoms with Crippen LogP contribution in [0.3, 0.4) is 0 Å². The molecule has 25 heavy (non-hydrogen) atoms. The summed E-state index contributed by atoms with van der Waals surface area (Å²) in [6, 6.07) is 11.2. The van der Waals surface area contributed by atoms with Gasteiger partial charge in [0.05, 0.1) is 11.0 Å². The van der Waals surface area contributed by atoms with Crippen molar-refractivity contribution in [3.63, 3.8) is 0 Å². The molecule has 0 unspecified atom stereocenters. The Morgan fingerprint density at radius 1 is 1.24 bits per heavy atom. The van der Waals surface area contributed by atoms with Crippen LogP contribution in [0.5, 0.6) is 0 Å². The highest BCUT2D eigenvalue weighted by molar-refractivity contribution is 7.90. The molecule has 0 bridgehead atoms. The van der Waals surface area contributed by atoms with Crippen molar-refractivity contribution < 1.29 is 17.6 Å². The van der Waals surface area contributed by atoms with Gasteiger partial charge in [-0.15, -0.1) is 0 Å². The Labute approximate surface area is 144 Å². The third kappa shape index (κ3) is 3.53. The number of imidazole rings is 1. The minimum atomic E-state index is -3.61. The van der Waals surface area contributed by atoms with Crippen molar-refractivity contribution in [3.05, 3.63) is 53.8 Å². The maximum Gasteiger partial charge on any atom is 0.244 e. The van der Waals surface area contributed by atoms with E-state index in [-0.39, 0.29) is 11.7 Å². The summed E-state index contributed by atoms with van der Waals surface area (Å²) < 4.78 is 38.9. The van der Waals surface area contributed by atoms with Gasteiger partial charge in [0, 0.05) is 11.9 Å². The third-order valence-electron chi connectivity index (χ3n) is 3.71. The van der Waals surface area contributed by atoms with Crippen molar-refractivity contribution in [1.29, 1.82) is 0 Å². The molecule has 0 saturated carbocycles. The summed E-state index contributed by atoms with van der Waals surface area (Å²) in [5.74, 6) is -0.904. The molecular weight excluding hydrogens is 345 g/mol. The van der Waals surface area contributed by atoms with Gasteiger partial charge in [0.1, 0.15) is 12.4 Å². The predicted octanol–water partition coefficient (Wildman–Crippen LogP) is 2.53. The molecule has 1 aromatic heterocycles. The summed E-state index contributed by atoms with van der Waals surface area (Å²) in [4.78, 5) is 16.4. The Bertz CT molecular complexity index is 1070. The number of aryl methyl sites for hydroxylation is 1. The number of para-hydroxylation sites is 2. The van der Waals surface area contributed by atoms with Gasteiger partial charge in [0.15, 0.2) is 0 Å². The molecule has 0 aliphatic carbocycles. The zero-order chi connectivity index (χ0) is 18.2. The first-order valence-electron chi connectivity index (χ1n) is 7.47. The van der Waals surface area contributed by atoms with Gasteiger partial charge < -0.3 is 9.88 Å². The van der Waals surface area contributed by atoms with Crippen molar-refractivity contribution in [2.45, 2.75) is 18.6 Å². The van der Waals surface area contributed by atoms with Crippen LogP contribution in [0.15, 0.2) is 47.6 Å². The van der Waals surface area contributed by atoms with Crippen molar-refractivity contribution >= 4 is 32.5 Å². The Morgan fingerprint density at radius 3 is 2.64 bits per heavy atom. The lowest BCUT2D eigenvalue weighted by molar-refractivity contribution is -0.116. The van der Waals surface area contributed by atoms with Crippen molar-refractivity contribution in [3.8, 4) is 0 Å². The number of anilines is 1. The van der Waals surface area contributed by atoms with Gasteiger partial charge in [0.2, 0.25) is 20.9 Å². The smallest absolute Gasteiger partial charge is 0.244 e. The molecule has 3 aromatic rings. The fourth-order valence-electron chi connectivity index (χ4n) is 2.50. The van der Waals surface area contributed by atoms with E-state index in [1.807, 2.05) is 0 Å². The Morgan fingerprint density at radius 2 is 1.96 bits per heavy atom. The van der Waals surface area contributed by atoms with E-state index in [0.717, 1.165) is 6.26 Å². The highest BCUT2D eigenvalue weighted by Gasteiger charge is 2.21. The van der Waals surface area contributed by atoms with Crippen LogP contribution in [0.4, 0.5) is 10.1 Å². The molecule has 0 saturated heterocycles. The average molecular weight is 361 g/mol. The Balaban J connectivity index is 1.94. The SMILES string of the molecule is Cc1ccc(NC(=O)Cn2c(S(C)(=O)=O)nc3ccccc32)cc1F. The molecule has 2 aromatic carbocycles. The van der Waals surface area contributed by atoms with Crippen LogP contribution in [-0.2, 0) is 21.2 Å². The minimum absolute atomic E-state index is 0.182. The number of halogens is 1. The quantitative estimate of drug-likeness (QED) is 0.774. The number of benzene rings is 2. The molecule has 0 aliphatic rings. The van der Waals surface area contributed by atoms with Crippen molar-refractivity contribution in [2.24, 2.45) is 0 Å². The van der Waals surface area contributed by atoms with E-state index in [0.29, 0.717) is 22.3 Å². The van der Waals surface area contributed by atoms with Gasteiger partial charge in [-0.25, -0.2) is 17.8 Å². The highest BCUT2D eigenvalue weighted by atomic mass is 32.2. The van der Waals surface area contributed by atoms with Gasteiger partial charge in [-0.3, -0.25) is 4.79 Å². The molecule has 0 atom stereocenters. The number of carbonyl (C=O) groups excluding carboxylic acids is 1. The molecule has 0 radical (unpaired) electrons. The van der Waals surface area contributed by atoms with E-state index < -0.39 is 21.6 Å². The molecule has 8 heteroatoms. The van der Waals surface area contributed by atoms with Crippen molar-refractivity contribution in [2.75, 3.05) is 11.6 Å². The molecule has 1 N–H and O–H groups in total. The van der Waals surface area contributed by atoms with E-state index in [1.165, 1.54) is 10.6 Å². The van der Waals surface area contributed by atoms with Crippen LogP contribution in [0.1, 0.15) is 5.56 Å². The maximum atomic E-state index is 13.6. The van der Waals surface area contributed by atoms with Gasteiger partial charge >= 0.3 is 0 Å². The maximum absolute atomic E-state index is 13.6. The van der Waals surface area contributed by atoms with Crippen LogP contribution < -0.4 is 5.32 Å². The monoisotopic (exact) mass is 361 g/mol. The van der Waals surface area contributed by atoms with E-state index in [9.17, 15) is 17.6 Å². The van der Waals surface area contributed by atoms with Crippen LogP contribution in [0, 0.1) is 12.7 Å². The zero-order valence-electron chi connectivity index (χ0n) is 13.7. The van der Waals surface area contributed by atoms with E-state index in [4.69, 9.17) is 0 Å². The molecule has 1 amide bonds. The molecule has 0 aliphatic heterocycles. The molecule has 1 heterocycles. The van der Waals surface area contributed by atoms with Crippen LogP contribution >= 0.6 is 0 Å². The lowest BCUT2D eigenvalue weighted by Gasteiger charge is -2.09. The predicted molar refractivity (Wildman–Crippen MR) is 92.6 cm³/mol. The second-order valence-electron chi connectivity index (χ2n) is 5.75. The van der Waals surface area contributed by atoms with Gasteiger partial charge in [-0.05, 0) is 36.8 Å². The lowest BCUT2D eigenvalue weighted by atomic mass is 10.2. The zero-order valence-corrected chi connectivity index (χ0v) is 14.5. The lowest BCUT2D eigenvalue weighted by Crippen LogP contribution is -2.21. The second kappa shape index (κ2) is 6.29. The van der Waals surface area contributed by atoms with E-state index in [1.54, 1.807) is 43.3 Å². The molecule has 130 valence electrons. The van der Waals surface area contributed by atoms with Gasteiger partial charge in [-0.1, -0.05) is 18.2 Å². The van der Waals surface area contributed by atoms with Gasteiger partial charge in [0.25, 0.3) is 0 Å². The standard InChI is InChI=1S/C17H16FN3O3S/c1-11-7-8-12(9-13(11)18)19-16(22)10-21-15-6-4-3-5-14(15)20-17(21)25(2,23)24/h3-9H,10H2,1-2H3,(H,19,22). The number of sulfone groups is 1. The van der Waals surface area contributed by atoms with Crippen LogP contribution in [0.2, 0.25) is 0 Å². The van der Waals surface area contributed by atoms with Crippen LogP contribution in [-0.4, -0.2) is 30.1 Å². The number of rotatable bonds is 4. The Hall–Kier alpha value is -2.74. The first-order valence-corrected chi connectivity index (χ1v) is 9.36. The fourth-order valence-corrected chi connectivity index (χ4v) is 3.33. The molecule has 0 fully saturated rings. The normalized spacial score (nSPS) is 11.6. The minimum Gasteiger partial charge on any atom is -0.324 e. The van der Waals surface area contributed by atoms with Crippen molar-refractivity contribution in [1.82, 2.24) is 9.55 Å². The van der Waals surface area contributed by atoms with Crippen LogP contribution in [0.25, 0.3) is 11.0 Å². The number of nitrogens with zero attached hydrogens (tertiary/aromatic N) is 2. The number of aromatic nitrogens is 2. The van der Waals surface area contributed by atoms with Gasteiger partial charge in [-0.2, -0.15) is 0 Å². The third-order valence-corrected chi connectivity index (χ3v) is 4.68. The number of amides is 1. The summed E-state index contributed by atoms with van der Waals surface area (Å²) in [6.45, 7) is 1.37. The number of nitrogens with one attached hydrogen (secondary N) is 1. The first-order chi connectivity index (χ1) is 11.8. The molecule has 6 nitrogen and oxygen atoms in total. The second-order valence-corrected chi connectivity index (χ2v) is 7.66. The first kappa shape index (κ1) is 17.1. The van der Waals surface area contributed by atoms with E-state index >= 15 is 0 Å². The molecular formula is C17H16FN3O3S. The summed E-state index contributed by atoms with van der Waals surface area (Å²) in [6.07, 6.45) is 1.04. The number of hydrogen-bond donors (Lipinski definition) is 1. The number of carbonyl (C=O) groups is 1. The molecule has 3 rings (SSSR count). The summed E-state index contributed by atoms with van der Waals surface area (Å²) in [7, 11) is -3.61. The fraction of sp³-hybridized carbons (Fsp3) is 0.176. The molecule has 0 spiro atoms. The topological polar surface area (TPSA) is 81.1 Å². The average Bonchev–Trinajstić information content (AvgIpc) is 2.90. The summed E-state index contributed by atoms with van der Waals surface area (Å²) in [5.41, 5.74) is 1.79. The highest BCUT2D eigenvalue weighted by Crippen LogP contribution is 2.20. The Kier molecular flexibility index (Phi) is 4.30. The summed E-state index contributed by atoms with van der Waals surface area (Å²) >= 11 is 0. The largest absolute Gasteiger partial charge is 0.324 e.